The van der Waals surface area contributed by atoms with Gasteiger partial charge in [0, 0.05) is 18.2 Å². The van der Waals surface area contributed by atoms with Crippen molar-refractivity contribution in [3.63, 3.8) is 0 Å². The largest absolute Gasteiger partial charge is 0.348 e. The Hall–Kier alpha value is -3.41. The number of nitrogens with one attached hydrogen (secondary N) is 2. The Labute approximate surface area is 176 Å². The van der Waals surface area contributed by atoms with E-state index < -0.39 is 0 Å². The predicted molar refractivity (Wildman–Crippen MR) is 117 cm³/mol. The lowest BCUT2D eigenvalue weighted by Gasteiger charge is -2.10. The molecule has 0 bridgehead atoms. The quantitative estimate of drug-likeness (QED) is 0.627. The minimum Gasteiger partial charge on any atom is -0.348 e. The van der Waals surface area contributed by atoms with E-state index >= 15 is 0 Å². The first-order valence-electron chi connectivity index (χ1n) is 10.4. The number of benzene rings is 2. The highest BCUT2D eigenvalue weighted by Crippen LogP contribution is 2.30. The maximum absolute atomic E-state index is 12.8. The molecule has 4 rings (SSSR count). The molecule has 0 unspecified atom stereocenters. The van der Waals surface area contributed by atoms with Gasteiger partial charge in [0.15, 0.2) is 0 Å². The molecule has 1 fully saturated rings. The van der Waals surface area contributed by atoms with Gasteiger partial charge in [-0.1, -0.05) is 36.8 Å². The topological polar surface area (TPSA) is 76.0 Å². The Kier molecular flexibility index (Phi) is 5.65. The minimum atomic E-state index is -0.155. The van der Waals surface area contributed by atoms with E-state index in [0.29, 0.717) is 18.5 Å². The molecule has 2 amide bonds. The molecule has 2 N–H and O–H groups in total. The number of carbonyl (C=O) groups excluding carboxylic acids is 2. The summed E-state index contributed by atoms with van der Waals surface area (Å²) in [5.41, 5.74) is 5.27. The fourth-order valence-electron chi connectivity index (χ4n) is 3.44. The molecule has 30 heavy (non-hydrogen) atoms. The predicted octanol–water partition coefficient (Wildman–Crippen LogP) is 4.02. The molecule has 0 radical (unpaired) electrons. The van der Waals surface area contributed by atoms with Crippen LogP contribution in [0.15, 0.2) is 54.7 Å². The lowest BCUT2D eigenvalue weighted by molar-refractivity contribution is -0.117. The van der Waals surface area contributed by atoms with E-state index in [1.54, 1.807) is 6.20 Å². The van der Waals surface area contributed by atoms with Crippen molar-refractivity contribution in [2.45, 2.75) is 39.7 Å². The zero-order valence-corrected chi connectivity index (χ0v) is 17.3. The third-order valence-corrected chi connectivity index (χ3v) is 5.32. The van der Waals surface area contributed by atoms with Gasteiger partial charge in [-0.05, 0) is 56.0 Å². The monoisotopic (exact) mass is 402 g/mol. The summed E-state index contributed by atoms with van der Waals surface area (Å²) < 4.78 is 1.82. The van der Waals surface area contributed by atoms with Crippen LogP contribution in [-0.4, -0.2) is 21.6 Å². The SMILES string of the molecule is CCc1c(C(=O)NCc2cccc(NC(=O)C3CC3)c2)cnn1-c1ccc(C)cc1. The Balaban J connectivity index is 1.44. The molecule has 154 valence electrons. The van der Waals surface area contributed by atoms with Crippen molar-refractivity contribution in [1.82, 2.24) is 15.1 Å². The van der Waals surface area contributed by atoms with Crippen LogP contribution < -0.4 is 10.6 Å². The molecule has 3 aromatic rings. The number of anilines is 1. The first-order valence-corrected chi connectivity index (χ1v) is 10.4. The Morgan fingerprint density at radius 1 is 1.13 bits per heavy atom. The standard InChI is InChI=1S/C24H26N4O2/c1-3-22-21(15-26-28(22)20-11-7-16(2)8-12-20)24(30)25-14-17-5-4-6-19(13-17)27-23(29)18-9-10-18/h4-8,11-13,15,18H,3,9-10,14H2,1-2H3,(H,25,30)(H,27,29). The lowest BCUT2D eigenvalue weighted by Crippen LogP contribution is -2.24. The highest BCUT2D eigenvalue weighted by Gasteiger charge is 2.29. The molecule has 1 aliphatic rings. The number of carbonyl (C=O) groups is 2. The van der Waals surface area contributed by atoms with Crippen molar-refractivity contribution in [1.29, 1.82) is 0 Å². The van der Waals surface area contributed by atoms with Crippen molar-refractivity contribution in [2.75, 3.05) is 5.32 Å². The lowest BCUT2D eigenvalue weighted by atomic mass is 10.1. The molecule has 2 aromatic carbocycles. The summed E-state index contributed by atoms with van der Waals surface area (Å²) in [7, 11) is 0. The molecule has 1 heterocycles. The van der Waals surface area contributed by atoms with Crippen molar-refractivity contribution < 1.29 is 9.59 Å². The molecule has 1 aliphatic carbocycles. The van der Waals surface area contributed by atoms with E-state index in [2.05, 4.69) is 15.7 Å². The molecule has 1 saturated carbocycles. The van der Waals surface area contributed by atoms with E-state index in [0.717, 1.165) is 35.5 Å². The summed E-state index contributed by atoms with van der Waals surface area (Å²) in [6.07, 6.45) is 4.26. The number of nitrogens with zero attached hydrogens (tertiary/aromatic N) is 2. The van der Waals surface area contributed by atoms with Gasteiger partial charge in [0.05, 0.1) is 23.1 Å². The van der Waals surface area contributed by atoms with Crippen molar-refractivity contribution in [3.05, 3.63) is 77.1 Å². The zero-order valence-electron chi connectivity index (χ0n) is 17.3. The third kappa shape index (κ3) is 4.43. The second-order valence-electron chi connectivity index (χ2n) is 7.75. The van der Waals surface area contributed by atoms with Gasteiger partial charge in [-0.25, -0.2) is 4.68 Å². The maximum atomic E-state index is 12.8. The summed E-state index contributed by atoms with van der Waals surface area (Å²) in [4.78, 5) is 24.8. The van der Waals surface area contributed by atoms with Gasteiger partial charge in [0.25, 0.3) is 5.91 Å². The minimum absolute atomic E-state index is 0.0762. The zero-order chi connectivity index (χ0) is 21.1. The molecule has 0 aliphatic heterocycles. The summed E-state index contributed by atoms with van der Waals surface area (Å²) in [6.45, 7) is 4.44. The molecule has 6 heteroatoms. The number of hydrogen-bond donors (Lipinski definition) is 2. The molecule has 1 aromatic heterocycles. The van der Waals surface area contributed by atoms with Crippen LogP contribution in [0.5, 0.6) is 0 Å². The molecular weight excluding hydrogens is 376 g/mol. The van der Waals surface area contributed by atoms with E-state index in [-0.39, 0.29) is 17.7 Å². The highest BCUT2D eigenvalue weighted by molar-refractivity contribution is 5.95. The van der Waals surface area contributed by atoms with E-state index in [4.69, 9.17) is 0 Å². The Bertz CT molecular complexity index is 1070. The van der Waals surface area contributed by atoms with Crippen LogP contribution in [0.25, 0.3) is 5.69 Å². The summed E-state index contributed by atoms with van der Waals surface area (Å²) >= 11 is 0. The van der Waals surface area contributed by atoms with Gasteiger partial charge in [0.2, 0.25) is 5.91 Å². The van der Waals surface area contributed by atoms with Crippen LogP contribution in [0.2, 0.25) is 0 Å². The van der Waals surface area contributed by atoms with Crippen LogP contribution >= 0.6 is 0 Å². The van der Waals surface area contributed by atoms with Gasteiger partial charge in [-0.15, -0.1) is 0 Å². The smallest absolute Gasteiger partial charge is 0.255 e. The van der Waals surface area contributed by atoms with Crippen molar-refractivity contribution >= 4 is 17.5 Å². The Morgan fingerprint density at radius 2 is 1.90 bits per heavy atom. The number of amides is 2. The van der Waals surface area contributed by atoms with Gasteiger partial charge in [0.1, 0.15) is 0 Å². The van der Waals surface area contributed by atoms with Crippen LogP contribution in [-0.2, 0) is 17.8 Å². The van der Waals surface area contributed by atoms with Gasteiger partial charge < -0.3 is 10.6 Å². The second-order valence-corrected chi connectivity index (χ2v) is 7.75. The molecule has 0 spiro atoms. The van der Waals surface area contributed by atoms with Crippen LogP contribution in [0, 0.1) is 12.8 Å². The molecule has 0 atom stereocenters. The van der Waals surface area contributed by atoms with E-state index in [9.17, 15) is 9.59 Å². The average Bonchev–Trinajstić information content (AvgIpc) is 3.52. The first kappa shape index (κ1) is 19.9. The van der Waals surface area contributed by atoms with Gasteiger partial charge in [-0.3, -0.25) is 9.59 Å². The van der Waals surface area contributed by atoms with Crippen molar-refractivity contribution in [2.24, 2.45) is 5.92 Å². The third-order valence-electron chi connectivity index (χ3n) is 5.32. The number of aromatic nitrogens is 2. The molecule has 6 nitrogen and oxygen atoms in total. The fourth-order valence-corrected chi connectivity index (χ4v) is 3.44. The maximum Gasteiger partial charge on any atom is 0.255 e. The first-order chi connectivity index (χ1) is 14.5. The van der Waals surface area contributed by atoms with Gasteiger partial charge >= 0.3 is 0 Å². The molecule has 0 saturated heterocycles. The van der Waals surface area contributed by atoms with Crippen LogP contribution in [0.3, 0.4) is 0 Å². The van der Waals surface area contributed by atoms with Crippen LogP contribution in [0.1, 0.15) is 46.9 Å². The van der Waals surface area contributed by atoms with Crippen molar-refractivity contribution in [3.8, 4) is 5.69 Å². The summed E-state index contributed by atoms with van der Waals surface area (Å²) in [6, 6.07) is 15.7. The fraction of sp³-hybridized carbons (Fsp3) is 0.292. The highest BCUT2D eigenvalue weighted by atomic mass is 16.2. The normalized spacial score (nSPS) is 13.1. The summed E-state index contributed by atoms with van der Waals surface area (Å²) in [5.74, 6) is 0.0795. The van der Waals surface area contributed by atoms with Crippen LogP contribution in [0.4, 0.5) is 5.69 Å². The second kappa shape index (κ2) is 8.53. The summed E-state index contributed by atoms with van der Waals surface area (Å²) in [5, 5.41) is 10.4. The number of aryl methyl sites for hydroxylation is 1. The van der Waals surface area contributed by atoms with E-state index in [1.165, 1.54) is 5.56 Å². The number of hydrogen-bond acceptors (Lipinski definition) is 3. The van der Waals surface area contributed by atoms with Gasteiger partial charge in [-0.2, -0.15) is 5.10 Å². The Morgan fingerprint density at radius 3 is 2.60 bits per heavy atom. The van der Waals surface area contributed by atoms with E-state index in [1.807, 2.05) is 67.1 Å². The number of rotatable bonds is 7. The molecular formula is C24H26N4O2. The average molecular weight is 402 g/mol.